The van der Waals surface area contributed by atoms with Gasteiger partial charge in [-0.3, -0.25) is 14.6 Å². The fourth-order valence-electron chi connectivity index (χ4n) is 5.49. The minimum Gasteiger partial charge on any atom is -0.353 e. The van der Waals surface area contributed by atoms with Gasteiger partial charge in [0.2, 0.25) is 0 Å². The van der Waals surface area contributed by atoms with Crippen LogP contribution in [0.25, 0.3) is 0 Å². The summed E-state index contributed by atoms with van der Waals surface area (Å²) in [6.07, 6.45) is 6.95. The maximum Gasteiger partial charge on any atom is 0.253 e. The molecule has 6 nitrogen and oxygen atoms in total. The van der Waals surface area contributed by atoms with E-state index in [4.69, 9.17) is 23.2 Å². The summed E-state index contributed by atoms with van der Waals surface area (Å²) in [6, 6.07) is 7.94. The number of nitrogens with one attached hydrogen (secondary N) is 1. The number of aromatic nitrogens is 1. The molecule has 1 atom stereocenters. The molecule has 9 heteroatoms. The highest BCUT2D eigenvalue weighted by atomic mass is 35.5. The van der Waals surface area contributed by atoms with Crippen molar-refractivity contribution in [1.82, 2.24) is 20.1 Å². The molecule has 2 aliphatic heterocycles. The van der Waals surface area contributed by atoms with E-state index in [9.17, 15) is 9.18 Å². The van der Waals surface area contributed by atoms with Gasteiger partial charge in [0.05, 0.1) is 10.6 Å². The number of benzene rings is 1. The number of halogens is 3. The third-order valence-corrected chi connectivity index (χ3v) is 8.24. The predicted molar refractivity (Wildman–Crippen MR) is 142 cm³/mol. The van der Waals surface area contributed by atoms with Gasteiger partial charge in [-0.25, -0.2) is 9.37 Å². The molecule has 3 fully saturated rings. The normalized spacial score (nSPS) is 22.1. The summed E-state index contributed by atoms with van der Waals surface area (Å²) in [4.78, 5) is 24.2. The first-order valence-corrected chi connectivity index (χ1v) is 13.8. The Morgan fingerprint density at radius 1 is 1.11 bits per heavy atom. The molecule has 1 amide bonds. The van der Waals surface area contributed by atoms with Crippen LogP contribution in [0.3, 0.4) is 0 Å². The number of amides is 1. The lowest BCUT2D eigenvalue weighted by molar-refractivity contribution is 0.0607. The van der Waals surface area contributed by atoms with Gasteiger partial charge >= 0.3 is 0 Å². The van der Waals surface area contributed by atoms with Crippen molar-refractivity contribution in [2.45, 2.75) is 63.7 Å². The van der Waals surface area contributed by atoms with Crippen molar-refractivity contribution in [3.63, 3.8) is 0 Å². The van der Waals surface area contributed by atoms with Crippen molar-refractivity contribution >= 4 is 34.9 Å². The monoisotopic (exact) mass is 533 g/mol. The van der Waals surface area contributed by atoms with Crippen LogP contribution in [0.2, 0.25) is 10.0 Å². The second kappa shape index (κ2) is 11.2. The standard InChI is InChI=1S/C27H34Cl2FN5O/c1-2-22-17-34(26-24(29)13-19(15-31-26)27(36)32-21-5-6-21)11-12-35(22)23-7-9-33(10-8-23)16-18-3-4-20(28)14-25(18)30/h3-4,13-15,21-23H,2,5-12,16-17H2,1H3,(H,32,36)/t22-/m0/s1. The number of hydrogen-bond acceptors (Lipinski definition) is 5. The summed E-state index contributed by atoms with van der Waals surface area (Å²) < 4.78 is 14.2. The summed E-state index contributed by atoms with van der Waals surface area (Å²) in [7, 11) is 0. The molecule has 1 aromatic heterocycles. The number of carbonyl (C=O) groups excluding carboxylic acids is 1. The second-order valence-electron chi connectivity index (χ2n) is 10.3. The maximum absolute atomic E-state index is 14.2. The van der Waals surface area contributed by atoms with Crippen LogP contribution < -0.4 is 10.2 Å². The third-order valence-electron chi connectivity index (χ3n) is 7.73. The zero-order valence-corrected chi connectivity index (χ0v) is 22.2. The lowest BCUT2D eigenvalue weighted by Crippen LogP contribution is -2.58. The number of pyridine rings is 1. The Balaban J connectivity index is 1.16. The van der Waals surface area contributed by atoms with Gasteiger partial charge in [0.25, 0.3) is 5.91 Å². The number of piperidine rings is 1. The smallest absolute Gasteiger partial charge is 0.253 e. The van der Waals surface area contributed by atoms with E-state index in [1.165, 1.54) is 6.07 Å². The zero-order chi connectivity index (χ0) is 25.2. The topological polar surface area (TPSA) is 51.7 Å². The summed E-state index contributed by atoms with van der Waals surface area (Å²) >= 11 is 12.5. The predicted octanol–water partition coefficient (Wildman–Crippen LogP) is 4.98. The molecule has 3 aliphatic rings. The molecule has 0 unspecified atom stereocenters. The molecular formula is C27H34Cl2FN5O. The van der Waals surface area contributed by atoms with E-state index in [-0.39, 0.29) is 11.7 Å². The Labute approximate surface area is 222 Å². The Kier molecular flexibility index (Phi) is 8.01. The van der Waals surface area contributed by atoms with Crippen LogP contribution in [0, 0.1) is 5.82 Å². The quantitative estimate of drug-likeness (QED) is 0.543. The molecule has 5 rings (SSSR count). The van der Waals surface area contributed by atoms with Crippen LogP contribution in [0.4, 0.5) is 10.2 Å². The molecule has 0 bridgehead atoms. The van der Waals surface area contributed by atoms with E-state index < -0.39 is 0 Å². The summed E-state index contributed by atoms with van der Waals surface area (Å²) in [5, 5.41) is 3.96. The number of carbonyl (C=O) groups is 1. The molecule has 1 N–H and O–H groups in total. The highest BCUT2D eigenvalue weighted by molar-refractivity contribution is 6.33. The van der Waals surface area contributed by atoms with Gasteiger partial charge in [-0.05, 0) is 63.4 Å². The van der Waals surface area contributed by atoms with E-state index >= 15 is 0 Å². The number of nitrogens with zero attached hydrogens (tertiary/aromatic N) is 4. The molecule has 0 radical (unpaired) electrons. The van der Waals surface area contributed by atoms with E-state index in [1.807, 2.05) is 0 Å². The number of rotatable bonds is 7. The Hall–Kier alpha value is -1.93. The van der Waals surface area contributed by atoms with Crippen molar-refractivity contribution in [3.8, 4) is 0 Å². The van der Waals surface area contributed by atoms with Crippen LogP contribution in [0.1, 0.15) is 54.9 Å². The van der Waals surface area contributed by atoms with E-state index in [0.29, 0.717) is 45.8 Å². The Morgan fingerprint density at radius 2 is 1.89 bits per heavy atom. The number of likely N-dealkylation sites (tertiary alicyclic amines) is 1. The van der Waals surface area contributed by atoms with Crippen molar-refractivity contribution < 1.29 is 9.18 Å². The lowest BCUT2D eigenvalue weighted by atomic mass is 9.97. The SMILES string of the molecule is CC[C@H]1CN(c2ncc(C(=O)NC3CC3)cc2Cl)CCN1C1CCN(Cc2ccc(Cl)cc2F)CC1. The van der Waals surface area contributed by atoms with E-state index in [0.717, 1.165) is 70.6 Å². The van der Waals surface area contributed by atoms with Gasteiger partial charge in [-0.1, -0.05) is 36.2 Å². The molecule has 1 aliphatic carbocycles. The van der Waals surface area contributed by atoms with Gasteiger partial charge < -0.3 is 10.2 Å². The Bertz CT molecular complexity index is 1090. The second-order valence-corrected chi connectivity index (χ2v) is 11.1. The maximum atomic E-state index is 14.2. The third kappa shape index (κ3) is 5.96. The van der Waals surface area contributed by atoms with Crippen molar-refractivity contribution in [2.75, 3.05) is 37.6 Å². The number of piperazine rings is 1. The molecule has 1 saturated carbocycles. The fourth-order valence-corrected chi connectivity index (χ4v) is 5.93. The van der Waals surface area contributed by atoms with Gasteiger partial charge in [0.1, 0.15) is 11.6 Å². The molecule has 36 heavy (non-hydrogen) atoms. The molecular weight excluding hydrogens is 500 g/mol. The minimum absolute atomic E-state index is 0.0974. The molecule has 2 saturated heterocycles. The first-order valence-electron chi connectivity index (χ1n) is 13.0. The largest absolute Gasteiger partial charge is 0.353 e. The zero-order valence-electron chi connectivity index (χ0n) is 20.7. The van der Waals surface area contributed by atoms with Crippen LogP contribution >= 0.6 is 23.2 Å². The van der Waals surface area contributed by atoms with Gasteiger partial charge in [-0.2, -0.15) is 0 Å². The molecule has 194 valence electrons. The summed E-state index contributed by atoms with van der Waals surface area (Å²) in [6.45, 7) is 7.46. The van der Waals surface area contributed by atoms with Gasteiger partial charge in [-0.15, -0.1) is 0 Å². The van der Waals surface area contributed by atoms with Crippen LogP contribution in [-0.2, 0) is 6.54 Å². The first-order chi connectivity index (χ1) is 17.4. The van der Waals surface area contributed by atoms with Crippen molar-refractivity contribution in [2.24, 2.45) is 0 Å². The number of hydrogen-bond donors (Lipinski definition) is 1. The first kappa shape index (κ1) is 25.7. The summed E-state index contributed by atoms with van der Waals surface area (Å²) in [5.41, 5.74) is 1.23. The molecule has 2 aromatic rings. The average molecular weight is 535 g/mol. The highest BCUT2D eigenvalue weighted by Gasteiger charge is 2.34. The lowest BCUT2D eigenvalue weighted by Gasteiger charge is -2.47. The van der Waals surface area contributed by atoms with Crippen LogP contribution in [0.5, 0.6) is 0 Å². The van der Waals surface area contributed by atoms with Crippen molar-refractivity contribution in [3.05, 3.63) is 57.5 Å². The average Bonchev–Trinajstić information content (AvgIpc) is 3.70. The number of anilines is 1. The van der Waals surface area contributed by atoms with E-state index in [1.54, 1.807) is 24.4 Å². The fraction of sp³-hybridized carbons (Fsp3) is 0.556. The van der Waals surface area contributed by atoms with Crippen LogP contribution in [-0.4, -0.2) is 71.5 Å². The summed E-state index contributed by atoms with van der Waals surface area (Å²) in [5.74, 6) is 0.438. The molecule has 0 spiro atoms. The van der Waals surface area contributed by atoms with Crippen molar-refractivity contribution in [1.29, 1.82) is 0 Å². The van der Waals surface area contributed by atoms with Gasteiger partial charge in [0, 0.05) is 61.1 Å². The molecule has 3 heterocycles. The van der Waals surface area contributed by atoms with Crippen LogP contribution in [0.15, 0.2) is 30.5 Å². The highest BCUT2D eigenvalue weighted by Crippen LogP contribution is 2.30. The Morgan fingerprint density at radius 3 is 2.56 bits per heavy atom. The minimum atomic E-state index is -0.226. The van der Waals surface area contributed by atoms with E-state index in [2.05, 4.69) is 31.9 Å². The molecule has 1 aromatic carbocycles. The van der Waals surface area contributed by atoms with Gasteiger partial charge in [0.15, 0.2) is 0 Å².